The van der Waals surface area contributed by atoms with E-state index >= 15 is 0 Å². The van der Waals surface area contributed by atoms with E-state index in [-0.39, 0.29) is 36.1 Å². The molecule has 0 spiro atoms. The molecule has 25 heavy (non-hydrogen) atoms. The van der Waals surface area contributed by atoms with E-state index in [1.54, 1.807) is 0 Å². The lowest BCUT2D eigenvalue weighted by atomic mass is 9.81. The molecule has 1 aliphatic carbocycles. The number of carbonyl (C=O) groups is 3. The lowest BCUT2D eigenvalue weighted by molar-refractivity contribution is -0.143. The number of nitrogens with one attached hydrogen (secondary N) is 1. The van der Waals surface area contributed by atoms with Gasteiger partial charge < -0.3 is 10.1 Å². The van der Waals surface area contributed by atoms with Gasteiger partial charge in [0, 0.05) is 0 Å². The highest BCUT2D eigenvalue weighted by molar-refractivity contribution is 6.07. The quantitative estimate of drug-likeness (QED) is 0.629. The first-order valence-electron chi connectivity index (χ1n) is 8.87. The summed E-state index contributed by atoms with van der Waals surface area (Å²) in [7, 11) is 0. The van der Waals surface area contributed by atoms with Crippen LogP contribution in [-0.4, -0.2) is 42.3 Å². The van der Waals surface area contributed by atoms with Crippen LogP contribution in [0.5, 0.6) is 5.75 Å². The molecule has 2 fully saturated rings. The molecule has 1 saturated heterocycles. The largest absolute Gasteiger partial charge is 0.492 e. The van der Waals surface area contributed by atoms with E-state index in [0.717, 1.165) is 41.9 Å². The zero-order valence-corrected chi connectivity index (χ0v) is 14.5. The molecule has 1 heterocycles. The Morgan fingerprint density at radius 3 is 2.32 bits per heavy atom. The fourth-order valence-electron chi connectivity index (χ4n) is 3.58. The second-order valence-electron chi connectivity index (χ2n) is 6.77. The summed E-state index contributed by atoms with van der Waals surface area (Å²) in [6, 6.07) is 7.66. The van der Waals surface area contributed by atoms with Crippen molar-refractivity contribution in [2.75, 3.05) is 19.7 Å². The maximum Gasteiger partial charge on any atom is 0.240 e. The van der Waals surface area contributed by atoms with Gasteiger partial charge in [-0.3, -0.25) is 19.3 Å². The number of likely N-dealkylation sites (tertiary alicyclic amines) is 1. The third-order valence-electron chi connectivity index (χ3n) is 4.95. The SMILES string of the molecule is Cc1ccc(OCCNC(=O)CN2C(=O)C3CCCCC3C2=O)cc1. The molecule has 134 valence electrons. The standard InChI is InChI=1S/C19H24N2O4/c1-13-6-8-14(9-7-13)25-11-10-20-17(22)12-21-18(23)15-4-2-3-5-16(15)19(21)24/h6-9,15-16H,2-5,10-12H2,1H3,(H,20,22). The topological polar surface area (TPSA) is 75.7 Å². The number of ether oxygens (including phenoxy) is 1. The van der Waals surface area contributed by atoms with E-state index in [2.05, 4.69) is 5.32 Å². The molecule has 0 bridgehead atoms. The number of hydrogen-bond donors (Lipinski definition) is 1. The number of amides is 3. The third kappa shape index (κ3) is 4.00. The van der Waals surface area contributed by atoms with Gasteiger partial charge in [-0.15, -0.1) is 0 Å². The minimum atomic E-state index is -0.326. The van der Waals surface area contributed by atoms with Gasteiger partial charge in [0.2, 0.25) is 17.7 Å². The van der Waals surface area contributed by atoms with Crippen LogP contribution in [0.1, 0.15) is 31.2 Å². The lowest BCUT2D eigenvalue weighted by Crippen LogP contribution is -2.42. The molecule has 0 aromatic heterocycles. The van der Waals surface area contributed by atoms with Crippen molar-refractivity contribution in [2.24, 2.45) is 11.8 Å². The lowest BCUT2D eigenvalue weighted by Gasteiger charge is -2.19. The van der Waals surface area contributed by atoms with Crippen LogP contribution >= 0.6 is 0 Å². The highest BCUT2D eigenvalue weighted by Crippen LogP contribution is 2.37. The number of fused-ring (bicyclic) bond motifs is 1. The molecule has 3 amide bonds. The van der Waals surface area contributed by atoms with Crippen molar-refractivity contribution in [3.8, 4) is 5.75 Å². The molecular weight excluding hydrogens is 320 g/mol. The van der Waals surface area contributed by atoms with Crippen molar-refractivity contribution in [2.45, 2.75) is 32.6 Å². The summed E-state index contributed by atoms with van der Waals surface area (Å²) in [5.74, 6) is -0.360. The molecule has 3 rings (SSSR count). The molecule has 1 aliphatic heterocycles. The smallest absolute Gasteiger partial charge is 0.240 e. The van der Waals surface area contributed by atoms with Crippen LogP contribution in [0.2, 0.25) is 0 Å². The van der Waals surface area contributed by atoms with E-state index < -0.39 is 0 Å². The molecule has 6 heteroatoms. The minimum Gasteiger partial charge on any atom is -0.492 e. The minimum absolute atomic E-state index is 0.180. The number of nitrogens with zero attached hydrogens (tertiary/aromatic N) is 1. The zero-order chi connectivity index (χ0) is 17.8. The molecule has 1 aromatic rings. The van der Waals surface area contributed by atoms with E-state index in [9.17, 15) is 14.4 Å². The summed E-state index contributed by atoms with van der Waals surface area (Å²) >= 11 is 0. The van der Waals surface area contributed by atoms with Crippen LogP contribution in [0.3, 0.4) is 0 Å². The molecule has 6 nitrogen and oxygen atoms in total. The van der Waals surface area contributed by atoms with Gasteiger partial charge in [0.1, 0.15) is 18.9 Å². The Hall–Kier alpha value is -2.37. The van der Waals surface area contributed by atoms with Crippen molar-refractivity contribution in [3.05, 3.63) is 29.8 Å². The van der Waals surface area contributed by atoms with Crippen LogP contribution in [0.15, 0.2) is 24.3 Å². The summed E-state index contributed by atoms with van der Waals surface area (Å²) in [5, 5.41) is 2.70. The Balaban J connectivity index is 1.42. The van der Waals surface area contributed by atoms with Crippen LogP contribution in [0.4, 0.5) is 0 Å². The zero-order valence-electron chi connectivity index (χ0n) is 14.5. The molecule has 1 N–H and O–H groups in total. The predicted molar refractivity (Wildman–Crippen MR) is 91.9 cm³/mol. The Kier molecular flexibility index (Phi) is 5.36. The van der Waals surface area contributed by atoms with Gasteiger partial charge in [0.05, 0.1) is 18.4 Å². The van der Waals surface area contributed by atoms with Gasteiger partial charge in [-0.2, -0.15) is 0 Å². The first-order chi connectivity index (χ1) is 12.1. The number of imide groups is 1. The van der Waals surface area contributed by atoms with Gasteiger partial charge in [-0.1, -0.05) is 30.5 Å². The molecular formula is C19H24N2O4. The summed E-state index contributed by atoms with van der Waals surface area (Å²) in [4.78, 5) is 37.8. The third-order valence-corrected chi connectivity index (χ3v) is 4.95. The fraction of sp³-hybridized carbons (Fsp3) is 0.526. The molecule has 0 radical (unpaired) electrons. The normalized spacial score (nSPS) is 22.7. The second kappa shape index (κ2) is 7.68. The average Bonchev–Trinajstić information content (AvgIpc) is 2.86. The molecule has 2 aliphatic rings. The van der Waals surface area contributed by atoms with Gasteiger partial charge in [-0.25, -0.2) is 0 Å². The number of benzene rings is 1. The van der Waals surface area contributed by atoms with Crippen molar-refractivity contribution < 1.29 is 19.1 Å². The van der Waals surface area contributed by atoms with Crippen molar-refractivity contribution in [3.63, 3.8) is 0 Å². The second-order valence-corrected chi connectivity index (χ2v) is 6.77. The Labute approximate surface area is 147 Å². The van der Waals surface area contributed by atoms with Crippen molar-refractivity contribution >= 4 is 17.7 Å². The molecule has 2 atom stereocenters. The van der Waals surface area contributed by atoms with Gasteiger partial charge >= 0.3 is 0 Å². The number of hydrogen-bond acceptors (Lipinski definition) is 4. The average molecular weight is 344 g/mol. The van der Waals surface area contributed by atoms with Crippen molar-refractivity contribution in [1.29, 1.82) is 0 Å². The van der Waals surface area contributed by atoms with Crippen LogP contribution in [-0.2, 0) is 14.4 Å². The number of aryl methyl sites for hydroxylation is 1. The van der Waals surface area contributed by atoms with Crippen molar-refractivity contribution in [1.82, 2.24) is 10.2 Å². The summed E-state index contributed by atoms with van der Waals surface area (Å²) < 4.78 is 5.54. The summed E-state index contributed by atoms with van der Waals surface area (Å²) in [5.41, 5.74) is 1.15. The first-order valence-corrected chi connectivity index (χ1v) is 8.87. The summed E-state index contributed by atoms with van der Waals surface area (Å²) in [6.45, 7) is 2.48. The van der Waals surface area contributed by atoms with E-state index in [1.165, 1.54) is 0 Å². The number of carbonyl (C=O) groups excluding carboxylic acids is 3. The molecule has 1 saturated carbocycles. The van der Waals surface area contributed by atoms with Gasteiger partial charge in [0.25, 0.3) is 0 Å². The van der Waals surface area contributed by atoms with Crippen LogP contribution in [0, 0.1) is 18.8 Å². The van der Waals surface area contributed by atoms with Gasteiger partial charge in [0.15, 0.2) is 0 Å². The molecule has 2 unspecified atom stereocenters. The first kappa shape index (κ1) is 17.5. The van der Waals surface area contributed by atoms with E-state index in [1.807, 2.05) is 31.2 Å². The van der Waals surface area contributed by atoms with Gasteiger partial charge in [-0.05, 0) is 31.9 Å². The number of rotatable bonds is 6. The van der Waals surface area contributed by atoms with Crippen LogP contribution in [0.25, 0.3) is 0 Å². The molecule has 1 aromatic carbocycles. The van der Waals surface area contributed by atoms with E-state index in [4.69, 9.17) is 4.74 Å². The van der Waals surface area contributed by atoms with Crippen LogP contribution < -0.4 is 10.1 Å². The Bertz CT molecular complexity index is 632. The highest BCUT2D eigenvalue weighted by Gasteiger charge is 2.48. The predicted octanol–water partition coefficient (Wildman–Crippen LogP) is 1.67. The van der Waals surface area contributed by atoms with E-state index in [0.29, 0.717) is 13.2 Å². The summed E-state index contributed by atoms with van der Waals surface area (Å²) in [6.07, 6.45) is 3.49. The maximum absolute atomic E-state index is 12.3. The maximum atomic E-state index is 12.3. The fourth-order valence-corrected chi connectivity index (χ4v) is 3.58. The Morgan fingerprint density at radius 1 is 1.12 bits per heavy atom. The highest BCUT2D eigenvalue weighted by atomic mass is 16.5. The Morgan fingerprint density at radius 2 is 1.72 bits per heavy atom. The monoisotopic (exact) mass is 344 g/mol.